The zero-order chi connectivity index (χ0) is 13.9. The Morgan fingerprint density at radius 1 is 1.44 bits per heavy atom. The van der Waals surface area contributed by atoms with E-state index in [1.807, 2.05) is 0 Å². The Morgan fingerprint density at radius 3 is 2.61 bits per heavy atom. The minimum absolute atomic E-state index is 0.157. The summed E-state index contributed by atoms with van der Waals surface area (Å²) in [6, 6.07) is 5.07. The minimum Gasteiger partial charge on any atom is -0.369 e. The molecule has 0 unspecified atom stereocenters. The van der Waals surface area contributed by atoms with Gasteiger partial charge in [-0.25, -0.2) is 0 Å². The average Bonchev–Trinajstić information content (AvgIpc) is 2.29. The van der Waals surface area contributed by atoms with Crippen LogP contribution >= 0.6 is 27.5 Å². The van der Waals surface area contributed by atoms with Gasteiger partial charge >= 0.3 is 0 Å². The van der Waals surface area contributed by atoms with Gasteiger partial charge in [-0.15, -0.1) is 0 Å². The number of hydrogen-bond acceptors (Lipinski definition) is 2. The summed E-state index contributed by atoms with van der Waals surface area (Å²) in [4.78, 5) is 23.0. The third-order valence-electron chi connectivity index (χ3n) is 2.55. The first-order chi connectivity index (χ1) is 8.25. The largest absolute Gasteiger partial charge is 0.369 e. The Hall–Kier alpha value is -1.07. The van der Waals surface area contributed by atoms with Crippen molar-refractivity contribution in [1.82, 2.24) is 5.32 Å². The molecule has 0 saturated carbocycles. The molecule has 1 aromatic rings. The maximum atomic E-state index is 11.9. The molecule has 0 bridgehead atoms. The number of hydrogen-bond donors (Lipinski definition) is 2. The fourth-order valence-corrected chi connectivity index (χ4v) is 1.74. The molecule has 0 aliphatic rings. The molecule has 0 atom stereocenters. The Balaban J connectivity index is 2.78. The SMILES string of the molecule is CC(C)(CNC(=O)c1cccc(Br)c1Cl)C(N)=O. The third kappa shape index (κ3) is 3.46. The lowest BCUT2D eigenvalue weighted by molar-refractivity contribution is -0.125. The van der Waals surface area contributed by atoms with Crippen LogP contribution in [0.5, 0.6) is 0 Å². The van der Waals surface area contributed by atoms with Gasteiger partial charge in [0.1, 0.15) is 0 Å². The van der Waals surface area contributed by atoms with Gasteiger partial charge in [-0.05, 0) is 41.9 Å². The Labute approximate surface area is 119 Å². The summed E-state index contributed by atoms with van der Waals surface area (Å²) in [6.45, 7) is 3.49. The summed E-state index contributed by atoms with van der Waals surface area (Å²) < 4.78 is 0.644. The van der Waals surface area contributed by atoms with Gasteiger partial charge in [0.15, 0.2) is 0 Å². The van der Waals surface area contributed by atoms with E-state index in [1.54, 1.807) is 32.0 Å². The lowest BCUT2D eigenvalue weighted by Crippen LogP contribution is -2.42. The molecule has 0 saturated heterocycles. The van der Waals surface area contributed by atoms with Gasteiger partial charge in [-0.1, -0.05) is 17.7 Å². The van der Waals surface area contributed by atoms with Crippen LogP contribution in [0.15, 0.2) is 22.7 Å². The van der Waals surface area contributed by atoms with Crippen molar-refractivity contribution in [2.45, 2.75) is 13.8 Å². The number of primary amides is 1. The number of nitrogens with one attached hydrogen (secondary N) is 1. The molecule has 18 heavy (non-hydrogen) atoms. The summed E-state index contributed by atoms with van der Waals surface area (Å²) in [7, 11) is 0. The zero-order valence-electron chi connectivity index (χ0n) is 10.1. The third-order valence-corrected chi connectivity index (χ3v) is 3.85. The first kappa shape index (κ1) is 15.0. The number of benzene rings is 1. The molecule has 1 aromatic carbocycles. The minimum atomic E-state index is -0.797. The van der Waals surface area contributed by atoms with Crippen molar-refractivity contribution in [3.05, 3.63) is 33.3 Å². The quantitative estimate of drug-likeness (QED) is 0.887. The molecule has 3 N–H and O–H groups in total. The maximum absolute atomic E-state index is 11.9. The topological polar surface area (TPSA) is 72.2 Å². The molecular weight excluding hydrogens is 320 g/mol. The molecule has 98 valence electrons. The highest BCUT2D eigenvalue weighted by molar-refractivity contribution is 9.10. The van der Waals surface area contributed by atoms with Gasteiger partial charge in [0.25, 0.3) is 5.91 Å². The summed E-state index contributed by atoms with van der Waals surface area (Å²) in [5.41, 5.74) is 4.78. The predicted molar refractivity (Wildman–Crippen MR) is 74.5 cm³/mol. The van der Waals surface area contributed by atoms with Crippen LogP contribution in [0, 0.1) is 5.41 Å². The molecule has 0 aliphatic heterocycles. The van der Waals surface area contributed by atoms with Gasteiger partial charge in [0.2, 0.25) is 5.91 Å². The summed E-state index contributed by atoms with van der Waals surface area (Å²) in [5, 5.41) is 2.98. The summed E-state index contributed by atoms with van der Waals surface area (Å²) in [5.74, 6) is -0.807. The van der Waals surface area contributed by atoms with Crippen molar-refractivity contribution in [2.75, 3.05) is 6.54 Å². The van der Waals surface area contributed by atoms with Crippen LogP contribution < -0.4 is 11.1 Å². The fraction of sp³-hybridized carbons (Fsp3) is 0.333. The van der Waals surface area contributed by atoms with Crippen molar-refractivity contribution < 1.29 is 9.59 Å². The van der Waals surface area contributed by atoms with E-state index < -0.39 is 11.3 Å². The van der Waals surface area contributed by atoms with Crippen molar-refractivity contribution in [3.8, 4) is 0 Å². The van der Waals surface area contributed by atoms with Gasteiger partial charge in [-0.3, -0.25) is 9.59 Å². The average molecular weight is 334 g/mol. The second kappa shape index (κ2) is 5.71. The number of amides is 2. The van der Waals surface area contributed by atoms with Crippen LogP contribution in [-0.2, 0) is 4.79 Å². The molecule has 0 aliphatic carbocycles. The smallest absolute Gasteiger partial charge is 0.252 e. The van der Waals surface area contributed by atoms with Gasteiger partial charge in [-0.2, -0.15) is 0 Å². The molecule has 0 radical (unpaired) electrons. The molecule has 6 heteroatoms. The van der Waals surface area contributed by atoms with E-state index in [0.29, 0.717) is 15.1 Å². The highest BCUT2D eigenvalue weighted by Gasteiger charge is 2.26. The monoisotopic (exact) mass is 332 g/mol. The van der Waals surface area contributed by atoms with Crippen LogP contribution in [0.1, 0.15) is 24.2 Å². The highest BCUT2D eigenvalue weighted by Crippen LogP contribution is 2.26. The first-order valence-electron chi connectivity index (χ1n) is 5.28. The van der Waals surface area contributed by atoms with Crippen LogP contribution in [0.2, 0.25) is 5.02 Å². The van der Waals surface area contributed by atoms with Crippen LogP contribution in [0.4, 0.5) is 0 Å². The molecular formula is C12H14BrClN2O2. The van der Waals surface area contributed by atoms with Crippen LogP contribution in [-0.4, -0.2) is 18.4 Å². The van der Waals surface area contributed by atoms with E-state index in [2.05, 4.69) is 21.2 Å². The molecule has 0 aromatic heterocycles. The number of carbonyl (C=O) groups excluding carboxylic acids is 2. The second-order valence-electron chi connectivity index (χ2n) is 4.53. The summed E-state index contributed by atoms with van der Waals surface area (Å²) in [6.07, 6.45) is 0. The van der Waals surface area contributed by atoms with Crippen molar-refractivity contribution >= 4 is 39.3 Å². The molecule has 4 nitrogen and oxygen atoms in total. The predicted octanol–water partition coefficient (Wildman–Crippen LogP) is 2.34. The Kier molecular flexibility index (Phi) is 4.76. The fourth-order valence-electron chi connectivity index (χ4n) is 1.16. The maximum Gasteiger partial charge on any atom is 0.252 e. The normalized spacial score (nSPS) is 11.1. The first-order valence-corrected chi connectivity index (χ1v) is 6.45. The lowest BCUT2D eigenvalue weighted by Gasteiger charge is -2.20. The van der Waals surface area contributed by atoms with E-state index in [9.17, 15) is 9.59 Å². The van der Waals surface area contributed by atoms with Crippen LogP contribution in [0.25, 0.3) is 0 Å². The van der Waals surface area contributed by atoms with Gasteiger partial charge < -0.3 is 11.1 Å². The Bertz CT molecular complexity index is 489. The molecule has 0 heterocycles. The zero-order valence-corrected chi connectivity index (χ0v) is 12.4. The number of rotatable bonds is 4. The molecule has 1 rings (SSSR count). The van der Waals surface area contributed by atoms with E-state index >= 15 is 0 Å². The highest BCUT2D eigenvalue weighted by atomic mass is 79.9. The molecule has 0 spiro atoms. The van der Waals surface area contributed by atoms with E-state index in [-0.39, 0.29) is 12.5 Å². The standard InChI is InChI=1S/C12H14BrClN2O2/c1-12(2,11(15)18)6-16-10(17)7-4-3-5-8(13)9(7)14/h3-5H,6H2,1-2H3,(H2,15,18)(H,16,17). The number of carbonyl (C=O) groups is 2. The van der Waals surface area contributed by atoms with E-state index in [4.69, 9.17) is 17.3 Å². The summed E-state index contributed by atoms with van der Waals surface area (Å²) >= 11 is 9.24. The van der Waals surface area contributed by atoms with Gasteiger partial charge in [0, 0.05) is 11.0 Å². The molecule has 2 amide bonds. The van der Waals surface area contributed by atoms with Gasteiger partial charge in [0.05, 0.1) is 16.0 Å². The van der Waals surface area contributed by atoms with Crippen molar-refractivity contribution in [1.29, 1.82) is 0 Å². The second-order valence-corrected chi connectivity index (χ2v) is 5.76. The Morgan fingerprint density at radius 2 is 2.06 bits per heavy atom. The number of nitrogens with two attached hydrogens (primary N) is 1. The van der Waals surface area contributed by atoms with Crippen molar-refractivity contribution in [2.24, 2.45) is 11.1 Å². The van der Waals surface area contributed by atoms with Crippen molar-refractivity contribution in [3.63, 3.8) is 0 Å². The van der Waals surface area contributed by atoms with Crippen LogP contribution in [0.3, 0.4) is 0 Å². The van der Waals surface area contributed by atoms with E-state index in [1.165, 1.54) is 0 Å². The van der Waals surface area contributed by atoms with E-state index in [0.717, 1.165) is 0 Å². The molecule has 0 fully saturated rings. The lowest BCUT2D eigenvalue weighted by atomic mass is 9.92. The number of halogens is 2.